The predicted molar refractivity (Wildman–Crippen MR) is 121 cm³/mol. The number of hydrogen-bond acceptors (Lipinski definition) is 5. The Bertz CT molecular complexity index is 895. The number of rotatable bonds is 8. The topological polar surface area (TPSA) is 53.9 Å². The quantitative estimate of drug-likeness (QED) is 0.548. The summed E-state index contributed by atoms with van der Waals surface area (Å²) < 4.78 is 0. The Morgan fingerprint density at radius 2 is 1.55 bits per heavy atom. The van der Waals surface area contributed by atoms with E-state index in [1.807, 2.05) is 24.7 Å². The van der Waals surface area contributed by atoms with E-state index in [0.29, 0.717) is 17.8 Å². The first-order valence-electron chi connectivity index (χ1n) is 10.3. The Labute approximate surface area is 174 Å². The maximum absolute atomic E-state index is 4.77. The van der Waals surface area contributed by atoms with Crippen LogP contribution < -0.4 is 10.2 Å². The first-order chi connectivity index (χ1) is 14.0. The van der Waals surface area contributed by atoms with Crippen molar-refractivity contribution in [3.63, 3.8) is 0 Å². The van der Waals surface area contributed by atoms with Gasteiger partial charge in [0.15, 0.2) is 0 Å². The Hall–Kier alpha value is -2.95. The molecule has 0 atom stereocenters. The lowest BCUT2D eigenvalue weighted by Gasteiger charge is -2.21. The fourth-order valence-electron chi connectivity index (χ4n) is 3.39. The molecule has 0 radical (unpaired) electrons. The molecule has 0 amide bonds. The van der Waals surface area contributed by atoms with Gasteiger partial charge in [0, 0.05) is 37.9 Å². The molecular weight excluding hydrogens is 358 g/mol. The fraction of sp³-hybridized carbons (Fsp3) is 0.375. The SMILES string of the molecule is CC(C)c1cccc(C(C)C)c1Nc1nccc(N(C)CCc2ccncc2)n1. The second kappa shape index (κ2) is 9.50. The average Bonchev–Trinajstić information content (AvgIpc) is 2.72. The number of likely N-dealkylation sites (N-methyl/N-ethyl adjacent to an activating group) is 1. The van der Waals surface area contributed by atoms with E-state index >= 15 is 0 Å². The van der Waals surface area contributed by atoms with E-state index in [1.165, 1.54) is 16.7 Å². The van der Waals surface area contributed by atoms with Gasteiger partial charge in [0.2, 0.25) is 5.95 Å². The molecule has 0 aliphatic heterocycles. The number of anilines is 3. The van der Waals surface area contributed by atoms with Crippen LogP contribution in [0.15, 0.2) is 55.0 Å². The zero-order chi connectivity index (χ0) is 20.8. The first kappa shape index (κ1) is 20.8. The van der Waals surface area contributed by atoms with E-state index in [9.17, 15) is 0 Å². The summed E-state index contributed by atoms with van der Waals surface area (Å²) in [6.45, 7) is 9.74. The maximum Gasteiger partial charge on any atom is 0.229 e. The van der Waals surface area contributed by atoms with Gasteiger partial charge in [-0.05, 0) is 53.1 Å². The molecule has 0 saturated heterocycles. The van der Waals surface area contributed by atoms with Crippen molar-refractivity contribution in [2.45, 2.75) is 46.0 Å². The minimum absolute atomic E-state index is 0.419. The van der Waals surface area contributed by atoms with Crippen LogP contribution in [0.3, 0.4) is 0 Å². The highest BCUT2D eigenvalue weighted by Gasteiger charge is 2.15. The third-order valence-electron chi connectivity index (χ3n) is 5.13. The fourth-order valence-corrected chi connectivity index (χ4v) is 3.39. The van der Waals surface area contributed by atoms with E-state index in [4.69, 9.17) is 4.98 Å². The smallest absolute Gasteiger partial charge is 0.229 e. The van der Waals surface area contributed by atoms with E-state index in [0.717, 1.165) is 24.5 Å². The van der Waals surface area contributed by atoms with Crippen molar-refractivity contribution in [2.24, 2.45) is 0 Å². The molecule has 152 valence electrons. The second-order valence-corrected chi connectivity index (χ2v) is 8.01. The average molecular weight is 390 g/mol. The number of pyridine rings is 1. The van der Waals surface area contributed by atoms with Gasteiger partial charge in [0.05, 0.1) is 0 Å². The Morgan fingerprint density at radius 3 is 2.17 bits per heavy atom. The molecule has 0 aliphatic carbocycles. The molecule has 29 heavy (non-hydrogen) atoms. The van der Waals surface area contributed by atoms with Gasteiger partial charge >= 0.3 is 0 Å². The van der Waals surface area contributed by atoms with Gasteiger partial charge in [-0.15, -0.1) is 0 Å². The molecule has 3 rings (SSSR count). The minimum Gasteiger partial charge on any atom is -0.359 e. The van der Waals surface area contributed by atoms with Crippen LogP contribution >= 0.6 is 0 Å². The predicted octanol–water partition coefficient (Wildman–Crippen LogP) is 5.54. The molecule has 0 fully saturated rings. The molecule has 0 saturated carbocycles. The van der Waals surface area contributed by atoms with Gasteiger partial charge in [-0.3, -0.25) is 4.98 Å². The highest BCUT2D eigenvalue weighted by molar-refractivity contribution is 5.66. The summed E-state index contributed by atoms with van der Waals surface area (Å²) >= 11 is 0. The molecule has 0 aliphatic rings. The van der Waals surface area contributed by atoms with Crippen molar-refractivity contribution in [3.8, 4) is 0 Å². The monoisotopic (exact) mass is 389 g/mol. The van der Waals surface area contributed by atoms with Gasteiger partial charge in [-0.25, -0.2) is 4.98 Å². The van der Waals surface area contributed by atoms with Gasteiger partial charge in [0.25, 0.3) is 0 Å². The Kier molecular flexibility index (Phi) is 6.81. The van der Waals surface area contributed by atoms with Crippen molar-refractivity contribution >= 4 is 17.5 Å². The van der Waals surface area contributed by atoms with E-state index in [2.05, 4.69) is 85.3 Å². The molecule has 1 N–H and O–H groups in total. The van der Waals surface area contributed by atoms with Crippen LogP contribution in [-0.2, 0) is 6.42 Å². The van der Waals surface area contributed by atoms with Crippen LogP contribution in [0, 0.1) is 0 Å². The number of nitrogens with zero attached hydrogens (tertiary/aromatic N) is 4. The summed E-state index contributed by atoms with van der Waals surface area (Å²) in [5.74, 6) is 2.38. The molecule has 5 nitrogen and oxygen atoms in total. The first-order valence-corrected chi connectivity index (χ1v) is 10.3. The van der Waals surface area contributed by atoms with Crippen LogP contribution in [0.4, 0.5) is 17.5 Å². The molecule has 1 aromatic carbocycles. The number of nitrogens with one attached hydrogen (secondary N) is 1. The van der Waals surface area contributed by atoms with E-state index in [-0.39, 0.29) is 0 Å². The van der Waals surface area contributed by atoms with E-state index < -0.39 is 0 Å². The van der Waals surface area contributed by atoms with Crippen molar-refractivity contribution in [3.05, 3.63) is 71.7 Å². The number of hydrogen-bond donors (Lipinski definition) is 1. The summed E-state index contributed by atoms with van der Waals surface area (Å²) in [6.07, 6.45) is 6.43. The summed E-state index contributed by atoms with van der Waals surface area (Å²) in [6, 6.07) is 12.6. The standard InChI is InChI=1S/C24H31N5/c1-17(2)20-7-6-8-21(18(3)4)23(20)28-24-26-15-11-22(27-24)29(5)16-12-19-9-13-25-14-10-19/h6-11,13-15,17-18H,12,16H2,1-5H3,(H,26,27,28). The van der Waals surface area contributed by atoms with Crippen molar-refractivity contribution < 1.29 is 0 Å². The highest BCUT2D eigenvalue weighted by atomic mass is 15.2. The Balaban J connectivity index is 1.80. The minimum atomic E-state index is 0.419. The number of aromatic nitrogens is 3. The third-order valence-corrected chi connectivity index (χ3v) is 5.13. The molecule has 0 spiro atoms. The molecule has 2 heterocycles. The summed E-state index contributed by atoms with van der Waals surface area (Å²) in [5, 5.41) is 3.52. The van der Waals surface area contributed by atoms with Crippen LogP contribution in [0.2, 0.25) is 0 Å². The molecule has 0 bridgehead atoms. The van der Waals surface area contributed by atoms with Crippen molar-refractivity contribution in [2.75, 3.05) is 23.8 Å². The number of benzene rings is 1. The van der Waals surface area contributed by atoms with Crippen LogP contribution in [-0.4, -0.2) is 28.5 Å². The van der Waals surface area contributed by atoms with Crippen LogP contribution in [0.5, 0.6) is 0 Å². The summed E-state index contributed by atoms with van der Waals surface area (Å²) in [7, 11) is 2.06. The highest BCUT2D eigenvalue weighted by Crippen LogP contribution is 2.34. The summed E-state index contributed by atoms with van der Waals surface area (Å²) in [5.41, 5.74) is 4.98. The molecule has 3 aromatic rings. The maximum atomic E-state index is 4.77. The van der Waals surface area contributed by atoms with Gasteiger partial charge in [0.1, 0.15) is 5.82 Å². The zero-order valence-electron chi connectivity index (χ0n) is 18.1. The van der Waals surface area contributed by atoms with Crippen LogP contribution in [0.25, 0.3) is 0 Å². The molecule has 2 aromatic heterocycles. The Morgan fingerprint density at radius 1 is 0.897 bits per heavy atom. The lowest BCUT2D eigenvalue weighted by atomic mass is 9.93. The van der Waals surface area contributed by atoms with Gasteiger partial charge in [-0.1, -0.05) is 45.9 Å². The lowest BCUT2D eigenvalue weighted by Crippen LogP contribution is -2.22. The number of para-hydroxylation sites is 1. The lowest BCUT2D eigenvalue weighted by molar-refractivity contribution is 0.835. The molecule has 0 unspecified atom stereocenters. The zero-order valence-corrected chi connectivity index (χ0v) is 18.1. The van der Waals surface area contributed by atoms with Gasteiger partial charge in [-0.2, -0.15) is 4.98 Å². The third kappa shape index (κ3) is 5.31. The largest absolute Gasteiger partial charge is 0.359 e. The molecular formula is C24H31N5. The normalized spacial score (nSPS) is 11.1. The van der Waals surface area contributed by atoms with Crippen molar-refractivity contribution in [1.29, 1.82) is 0 Å². The second-order valence-electron chi connectivity index (χ2n) is 8.01. The van der Waals surface area contributed by atoms with E-state index in [1.54, 1.807) is 0 Å². The summed E-state index contributed by atoms with van der Waals surface area (Å²) in [4.78, 5) is 15.5. The van der Waals surface area contributed by atoms with Crippen molar-refractivity contribution in [1.82, 2.24) is 15.0 Å². The van der Waals surface area contributed by atoms with Gasteiger partial charge < -0.3 is 10.2 Å². The van der Waals surface area contributed by atoms with Crippen LogP contribution in [0.1, 0.15) is 56.2 Å². The molecule has 5 heteroatoms.